The molecule has 6 nitrogen and oxygen atoms in total. The molecule has 1 aliphatic rings. The predicted octanol–water partition coefficient (Wildman–Crippen LogP) is 6.22. The first-order valence-corrected chi connectivity index (χ1v) is 12.2. The molecule has 194 valence electrons. The number of halogens is 3. The number of fused-ring (bicyclic) bond motifs is 1. The number of rotatable bonds is 3. The molecule has 0 bridgehead atoms. The summed E-state index contributed by atoms with van der Waals surface area (Å²) in [5, 5.41) is 3.39. The van der Waals surface area contributed by atoms with Gasteiger partial charge in [0.1, 0.15) is 0 Å². The van der Waals surface area contributed by atoms with Crippen molar-refractivity contribution in [3.8, 4) is 11.3 Å². The van der Waals surface area contributed by atoms with E-state index in [2.05, 4.69) is 5.32 Å². The molecule has 1 fully saturated rings. The van der Waals surface area contributed by atoms with Crippen LogP contribution in [0.3, 0.4) is 0 Å². The Hall–Kier alpha value is -4.40. The van der Waals surface area contributed by atoms with Crippen molar-refractivity contribution in [1.29, 1.82) is 0 Å². The van der Waals surface area contributed by atoms with Crippen molar-refractivity contribution < 1.29 is 22.8 Å². The second-order valence-electron chi connectivity index (χ2n) is 9.22. The smallest absolute Gasteiger partial charge is 0.335 e. The summed E-state index contributed by atoms with van der Waals surface area (Å²) in [6.45, 7) is 3.26. The van der Waals surface area contributed by atoms with Gasteiger partial charge in [0, 0.05) is 42.8 Å². The number of anilines is 1. The molecule has 4 aromatic rings. The summed E-state index contributed by atoms with van der Waals surface area (Å²) in [6.07, 6.45) is -4.44. The lowest BCUT2D eigenvalue weighted by Crippen LogP contribution is -2.51. The van der Waals surface area contributed by atoms with Gasteiger partial charge in [-0.05, 0) is 43.3 Å². The molecule has 0 spiro atoms. The third-order valence-corrected chi connectivity index (χ3v) is 6.61. The SMILES string of the molecule is Cc1ccc(-c2cc(C(=O)N3CCN(C(=O)Nc4ccc(C(F)(F)F)cc4)CC3)c3ccccc3n2)cc1. The lowest BCUT2D eigenvalue weighted by molar-refractivity contribution is -0.137. The van der Waals surface area contributed by atoms with E-state index in [9.17, 15) is 22.8 Å². The van der Waals surface area contributed by atoms with Gasteiger partial charge in [-0.1, -0.05) is 48.0 Å². The van der Waals surface area contributed by atoms with Gasteiger partial charge in [0.15, 0.2) is 0 Å². The highest BCUT2D eigenvalue weighted by Gasteiger charge is 2.30. The van der Waals surface area contributed by atoms with Gasteiger partial charge < -0.3 is 15.1 Å². The van der Waals surface area contributed by atoms with E-state index in [1.807, 2.05) is 61.5 Å². The second-order valence-corrected chi connectivity index (χ2v) is 9.22. The number of carbonyl (C=O) groups is 2. The fourth-order valence-electron chi connectivity index (χ4n) is 4.45. The van der Waals surface area contributed by atoms with Gasteiger partial charge in [0.05, 0.1) is 22.3 Å². The number of hydrogen-bond donors (Lipinski definition) is 1. The third kappa shape index (κ3) is 5.32. The van der Waals surface area contributed by atoms with Crippen LogP contribution in [0.1, 0.15) is 21.5 Å². The molecule has 2 heterocycles. The van der Waals surface area contributed by atoms with E-state index >= 15 is 0 Å². The lowest BCUT2D eigenvalue weighted by atomic mass is 10.0. The molecule has 9 heteroatoms. The Morgan fingerprint density at radius 3 is 2.13 bits per heavy atom. The second kappa shape index (κ2) is 10.2. The monoisotopic (exact) mass is 518 g/mol. The van der Waals surface area contributed by atoms with Gasteiger partial charge in [-0.15, -0.1) is 0 Å². The number of nitrogens with one attached hydrogen (secondary N) is 1. The van der Waals surface area contributed by atoms with E-state index < -0.39 is 17.8 Å². The molecule has 0 saturated carbocycles. The number of aryl methyl sites for hydroxylation is 1. The fourth-order valence-corrected chi connectivity index (χ4v) is 4.45. The zero-order valence-corrected chi connectivity index (χ0v) is 20.6. The van der Waals surface area contributed by atoms with Crippen LogP contribution in [0.4, 0.5) is 23.7 Å². The minimum absolute atomic E-state index is 0.139. The molecule has 0 aliphatic carbocycles. The molecular formula is C29H25F3N4O2. The number of carbonyl (C=O) groups excluding carboxylic acids is 2. The topological polar surface area (TPSA) is 65.5 Å². The first-order chi connectivity index (χ1) is 18.2. The number of piperazine rings is 1. The summed E-state index contributed by atoms with van der Waals surface area (Å²) < 4.78 is 38.3. The van der Waals surface area contributed by atoms with Crippen LogP contribution in [-0.4, -0.2) is 52.9 Å². The van der Waals surface area contributed by atoms with Gasteiger partial charge in [0.25, 0.3) is 5.91 Å². The largest absolute Gasteiger partial charge is 0.416 e. The van der Waals surface area contributed by atoms with Crippen molar-refractivity contribution in [1.82, 2.24) is 14.8 Å². The molecule has 1 aromatic heterocycles. The van der Waals surface area contributed by atoms with Crippen LogP contribution >= 0.6 is 0 Å². The number of para-hydroxylation sites is 1. The van der Waals surface area contributed by atoms with E-state index in [0.29, 0.717) is 37.4 Å². The molecule has 1 saturated heterocycles. The fraction of sp³-hybridized carbons (Fsp3) is 0.207. The summed E-state index contributed by atoms with van der Waals surface area (Å²) in [5.41, 5.74) is 3.52. The van der Waals surface area contributed by atoms with Gasteiger partial charge in [-0.3, -0.25) is 4.79 Å². The van der Waals surface area contributed by atoms with Crippen LogP contribution in [0, 0.1) is 6.92 Å². The van der Waals surface area contributed by atoms with Crippen LogP contribution in [0.2, 0.25) is 0 Å². The average molecular weight is 519 g/mol. The van der Waals surface area contributed by atoms with Crippen molar-refractivity contribution in [2.45, 2.75) is 13.1 Å². The van der Waals surface area contributed by atoms with Crippen LogP contribution in [0.5, 0.6) is 0 Å². The number of amides is 3. The molecular weight excluding hydrogens is 493 g/mol. The van der Waals surface area contributed by atoms with Crippen LogP contribution < -0.4 is 5.32 Å². The Morgan fingerprint density at radius 2 is 1.47 bits per heavy atom. The number of hydrogen-bond acceptors (Lipinski definition) is 3. The Morgan fingerprint density at radius 1 is 0.842 bits per heavy atom. The highest BCUT2D eigenvalue weighted by atomic mass is 19.4. The number of alkyl halides is 3. The highest BCUT2D eigenvalue weighted by Crippen LogP contribution is 2.30. The average Bonchev–Trinajstić information content (AvgIpc) is 2.92. The number of benzene rings is 3. The normalized spacial score (nSPS) is 14.0. The Kier molecular flexibility index (Phi) is 6.75. The molecule has 0 unspecified atom stereocenters. The summed E-state index contributed by atoms with van der Waals surface area (Å²) in [7, 11) is 0. The summed E-state index contributed by atoms with van der Waals surface area (Å²) in [4.78, 5) is 34.3. The molecule has 38 heavy (non-hydrogen) atoms. The minimum atomic E-state index is -4.44. The highest BCUT2D eigenvalue weighted by molar-refractivity contribution is 6.07. The lowest BCUT2D eigenvalue weighted by Gasteiger charge is -2.35. The molecule has 1 N–H and O–H groups in total. The maximum absolute atomic E-state index is 13.6. The zero-order chi connectivity index (χ0) is 26.9. The molecule has 0 atom stereocenters. The first-order valence-electron chi connectivity index (χ1n) is 12.2. The Bertz CT molecular complexity index is 1480. The van der Waals surface area contributed by atoms with Crippen molar-refractivity contribution in [3.05, 3.63) is 95.6 Å². The van der Waals surface area contributed by atoms with Crippen LogP contribution in [0.15, 0.2) is 78.9 Å². The van der Waals surface area contributed by atoms with Crippen LogP contribution in [0.25, 0.3) is 22.2 Å². The number of urea groups is 1. The van der Waals surface area contributed by atoms with E-state index in [-0.39, 0.29) is 11.6 Å². The molecule has 1 aliphatic heterocycles. The van der Waals surface area contributed by atoms with Crippen molar-refractivity contribution in [2.24, 2.45) is 0 Å². The van der Waals surface area contributed by atoms with Crippen molar-refractivity contribution in [2.75, 3.05) is 31.5 Å². The van der Waals surface area contributed by atoms with E-state index in [1.54, 1.807) is 9.80 Å². The molecule has 0 radical (unpaired) electrons. The Labute approximate surface area is 217 Å². The molecule has 5 rings (SSSR count). The summed E-state index contributed by atoms with van der Waals surface area (Å²) in [5.74, 6) is -0.139. The van der Waals surface area contributed by atoms with Gasteiger partial charge in [0.2, 0.25) is 0 Å². The maximum Gasteiger partial charge on any atom is 0.416 e. The van der Waals surface area contributed by atoms with Crippen LogP contribution in [-0.2, 0) is 6.18 Å². The number of pyridine rings is 1. The standard InChI is InChI=1S/C29H25F3N4O2/c1-19-6-8-20(9-7-19)26-18-24(23-4-2-3-5-25(23)34-26)27(37)35-14-16-36(17-15-35)28(38)33-22-12-10-21(11-13-22)29(30,31)32/h2-13,18H,14-17H2,1H3,(H,33,38). The van der Waals surface area contributed by atoms with Gasteiger partial charge >= 0.3 is 12.2 Å². The first kappa shape index (κ1) is 25.3. The van der Waals surface area contributed by atoms with Crippen molar-refractivity contribution in [3.63, 3.8) is 0 Å². The van der Waals surface area contributed by atoms with E-state index in [0.717, 1.165) is 34.2 Å². The van der Waals surface area contributed by atoms with E-state index in [1.165, 1.54) is 12.1 Å². The third-order valence-electron chi connectivity index (χ3n) is 6.61. The Balaban J connectivity index is 1.29. The van der Waals surface area contributed by atoms with Gasteiger partial charge in [-0.25, -0.2) is 9.78 Å². The quantitative estimate of drug-likeness (QED) is 0.350. The maximum atomic E-state index is 13.6. The zero-order valence-electron chi connectivity index (χ0n) is 20.6. The predicted molar refractivity (Wildman–Crippen MR) is 140 cm³/mol. The molecule has 3 aromatic carbocycles. The number of nitrogens with zero attached hydrogens (tertiary/aromatic N) is 3. The summed E-state index contributed by atoms with van der Waals surface area (Å²) >= 11 is 0. The molecule has 3 amide bonds. The summed E-state index contributed by atoms with van der Waals surface area (Å²) in [6, 6.07) is 21.2. The number of aromatic nitrogens is 1. The van der Waals surface area contributed by atoms with Gasteiger partial charge in [-0.2, -0.15) is 13.2 Å². The van der Waals surface area contributed by atoms with Crippen molar-refractivity contribution >= 4 is 28.5 Å². The van der Waals surface area contributed by atoms with E-state index in [4.69, 9.17) is 4.98 Å². The minimum Gasteiger partial charge on any atom is -0.335 e.